The Morgan fingerprint density at radius 1 is 1.07 bits per heavy atom. The number of ether oxygens (including phenoxy) is 1. The van der Waals surface area contributed by atoms with Gasteiger partial charge in [-0.15, -0.1) is 0 Å². The molecule has 1 amide bonds. The minimum atomic E-state index is -0.112. The Bertz CT molecular complexity index is 1040. The zero-order valence-corrected chi connectivity index (χ0v) is 18.0. The number of benzene rings is 3. The lowest BCUT2D eigenvalue weighted by molar-refractivity contribution is -0.121. The van der Waals surface area contributed by atoms with Crippen LogP contribution in [-0.2, 0) is 4.79 Å². The molecule has 0 fully saturated rings. The van der Waals surface area contributed by atoms with Gasteiger partial charge in [-0.3, -0.25) is 4.79 Å². The predicted molar refractivity (Wildman–Crippen MR) is 123 cm³/mol. The Hall–Kier alpha value is -2.69. The average molecular weight is 441 g/mol. The number of carbonyl (C=O) groups excluding carboxylic acids is 1. The van der Waals surface area contributed by atoms with Gasteiger partial charge in [0.25, 0.3) is 5.91 Å². The second-order valence-electron chi connectivity index (χ2n) is 7.33. The molecule has 0 unspecified atom stereocenters. The van der Waals surface area contributed by atoms with E-state index in [-0.39, 0.29) is 24.6 Å². The number of para-hydroxylation sites is 2. The van der Waals surface area contributed by atoms with Crippen molar-refractivity contribution in [2.45, 2.75) is 25.4 Å². The molecule has 1 N–H and O–H groups in total. The van der Waals surface area contributed by atoms with E-state index < -0.39 is 0 Å². The highest BCUT2D eigenvalue weighted by molar-refractivity contribution is 6.35. The summed E-state index contributed by atoms with van der Waals surface area (Å²) in [5.74, 6) is 0.329. The van der Waals surface area contributed by atoms with E-state index >= 15 is 0 Å². The summed E-state index contributed by atoms with van der Waals surface area (Å²) in [4.78, 5) is 14.9. The molecule has 1 heterocycles. The first-order valence-corrected chi connectivity index (χ1v) is 10.6. The Kier molecular flexibility index (Phi) is 6.16. The van der Waals surface area contributed by atoms with Crippen molar-refractivity contribution in [2.75, 3.05) is 16.8 Å². The average Bonchev–Trinajstić information content (AvgIpc) is 2.74. The topological polar surface area (TPSA) is 41.6 Å². The number of nitrogens with zero attached hydrogens (tertiary/aromatic N) is 1. The normalized spacial score (nSPS) is 17.9. The second kappa shape index (κ2) is 8.99. The van der Waals surface area contributed by atoms with Crippen molar-refractivity contribution in [2.24, 2.45) is 0 Å². The van der Waals surface area contributed by atoms with Crippen molar-refractivity contribution < 1.29 is 9.53 Å². The minimum Gasteiger partial charge on any atom is -0.482 e. The quantitative estimate of drug-likeness (QED) is 0.502. The zero-order chi connectivity index (χ0) is 21.1. The van der Waals surface area contributed by atoms with Gasteiger partial charge >= 0.3 is 0 Å². The summed E-state index contributed by atoms with van der Waals surface area (Å²) < 4.78 is 5.70. The van der Waals surface area contributed by atoms with Crippen molar-refractivity contribution in [3.8, 4) is 5.75 Å². The first kappa shape index (κ1) is 20.6. The molecule has 154 valence electrons. The van der Waals surface area contributed by atoms with Crippen LogP contribution in [0.1, 0.15) is 24.9 Å². The van der Waals surface area contributed by atoms with Crippen LogP contribution in [0.4, 0.5) is 11.4 Å². The van der Waals surface area contributed by atoms with Gasteiger partial charge in [0.05, 0.1) is 11.1 Å². The smallest absolute Gasteiger partial charge is 0.265 e. The van der Waals surface area contributed by atoms with E-state index in [2.05, 4.69) is 30.4 Å². The molecular formula is C24H22Cl2N2O2. The molecule has 30 heavy (non-hydrogen) atoms. The number of fused-ring (bicyclic) bond motifs is 1. The number of halogens is 2. The summed E-state index contributed by atoms with van der Waals surface area (Å²) in [6.45, 7) is 1.96. The Balaban J connectivity index is 1.54. The molecule has 1 aliphatic heterocycles. The number of amides is 1. The van der Waals surface area contributed by atoms with Crippen LogP contribution in [0.15, 0.2) is 72.8 Å². The summed E-state index contributed by atoms with van der Waals surface area (Å²) in [6.07, 6.45) is 0.791. The summed E-state index contributed by atoms with van der Waals surface area (Å²) in [6, 6.07) is 23.2. The standard InChI is InChI=1S/C24H22Cl2N2O2/c1-16-13-21(27-18-7-3-2-4-8-18)19-9-5-6-10-22(19)28(16)24(29)15-30-23-12-11-17(25)14-20(23)26/h2-12,14,16,21,27H,13,15H2,1H3/t16-,21+/m1/s1. The van der Waals surface area contributed by atoms with E-state index in [0.717, 1.165) is 23.4 Å². The minimum absolute atomic E-state index is 0.0119. The fraction of sp³-hybridized carbons (Fsp3) is 0.208. The van der Waals surface area contributed by atoms with E-state index in [1.54, 1.807) is 18.2 Å². The Morgan fingerprint density at radius 3 is 2.57 bits per heavy atom. The fourth-order valence-corrected chi connectivity index (χ4v) is 4.33. The maximum absolute atomic E-state index is 13.1. The monoisotopic (exact) mass is 440 g/mol. The highest BCUT2D eigenvalue weighted by atomic mass is 35.5. The molecule has 0 aliphatic carbocycles. The van der Waals surface area contributed by atoms with Crippen LogP contribution in [0.3, 0.4) is 0 Å². The summed E-state index contributed by atoms with van der Waals surface area (Å²) in [5.41, 5.74) is 3.06. The van der Waals surface area contributed by atoms with Gasteiger partial charge in [-0.05, 0) is 55.3 Å². The Morgan fingerprint density at radius 2 is 1.80 bits per heavy atom. The predicted octanol–water partition coefficient (Wildman–Crippen LogP) is 6.35. The molecule has 0 saturated carbocycles. The SMILES string of the molecule is C[C@@H]1C[C@H](Nc2ccccc2)c2ccccc2N1C(=O)COc1ccc(Cl)cc1Cl. The van der Waals surface area contributed by atoms with Crippen LogP contribution in [0, 0.1) is 0 Å². The molecule has 2 atom stereocenters. The highest BCUT2D eigenvalue weighted by Gasteiger charge is 2.33. The Labute approximate surface area is 186 Å². The van der Waals surface area contributed by atoms with Gasteiger partial charge in [0.2, 0.25) is 0 Å². The third kappa shape index (κ3) is 4.40. The third-order valence-electron chi connectivity index (χ3n) is 5.22. The molecule has 0 saturated heterocycles. The summed E-state index contributed by atoms with van der Waals surface area (Å²) in [7, 11) is 0. The van der Waals surface area contributed by atoms with Gasteiger partial charge in [-0.25, -0.2) is 0 Å². The molecule has 0 radical (unpaired) electrons. The number of hydrogen-bond donors (Lipinski definition) is 1. The van der Waals surface area contributed by atoms with Gasteiger partial charge in [-0.1, -0.05) is 59.6 Å². The van der Waals surface area contributed by atoms with E-state index in [1.165, 1.54) is 0 Å². The van der Waals surface area contributed by atoms with E-state index in [9.17, 15) is 4.79 Å². The molecule has 0 spiro atoms. The first-order valence-electron chi connectivity index (χ1n) is 9.83. The van der Waals surface area contributed by atoms with Crippen molar-refractivity contribution in [3.63, 3.8) is 0 Å². The molecule has 3 aromatic carbocycles. The summed E-state index contributed by atoms with van der Waals surface area (Å²) >= 11 is 12.1. The summed E-state index contributed by atoms with van der Waals surface area (Å²) in [5, 5.41) is 4.50. The molecule has 3 aromatic rings. The molecule has 1 aliphatic rings. The first-order chi connectivity index (χ1) is 14.5. The molecule has 0 aromatic heterocycles. The molecule has 6 heteroatoms. The number of nitrogens with one attached hydrogen (secondary N) is 1. The second-order valence-corrected chi connectivity index (χ2v) is 8.18. The lowest BCUT2D eigenvalue weighted by Gasteiger charge is -2.40. The maximum Gasteiger partial charge on any atom is 0.265 e. The number of hydrogen-bond acceptors (Lipinski definition) is 3. The number of anilines is 2. The van der Waals surface area contributed by atoms with Crippen molar-refractivity contribution in [1.82, 2.24) is 0 Å². The largest absolute Gasteiger partial charge is 0.482 e. The molecular weight excluding hydrogens is 419 g/mol. The van der Waals surface area contributed by atoms with E-state index in [0.29, 0.717) is 15.8 Å². The van der Waals surface area contributed by atoms with Gasteiger partial charge in [-0.2, -0.15) is 0 Å². The van der Waals surface area contributed by atoms with Crippen molar-refractivity contribution >= 4 is 40.5 Å². The van der Waals surface area contributed by atoms with Crippen LogP contribution in [0.2, 0.25) is 10.0 Å². The maximum atomic E-state index is 13.1. The lowest BCUT2D eigenvalue weighted by atomic mass is 9.91. The van der Waals surface area contributed by atoms with Gasteiger partial charge in [0, 0.05) is 22.4 Å². The van der Waals surface area contributed by atoms with Crippen LogP contribution >= 0.6 is 23.2 Å². The van der Waals surface area contributed by atoms with Crippen molar-refractivity contribution in [3.05, 3.63) is 88.4 Å². The van der Waals surface area contributed by atoms with Gasteiger partial charge in [0.15, 0.2) is 6.61 Å². The fourth-order valence-electron chi connectivity index (χ4n) is 3.87. The number of rotatable bonds is 5. The van der Waals surface area contributed by atoms with Crippen LogP contribution in [0.5, 0.6) is 5.75 Å². The lowest BCUT2D eigenvalue weighted by Crippen LogP contribution is -2.46. The molecule has 4 nitrogen and oxygen atoms in total. The third-order valence-corrected chi connectivity index (χ3v) is 5.75. The molecule has 0 bridgehead atoms. The van der Waals surface area contributed by atoms with E-state index in [1.807, 2.05) is 41.3 Å². The van der Waals surface area contributed by atoms with Gasteiger partial charge < -0.3 is 15.0 Å². The van der Waals surface area contributed by atoms with E-state index in [4.69, 9.17) is 27.9 Å². The molecule has 4 rings (SSSR count). The van der Waals surface area contributed by atoms with Crippen LogP contribution in [0.25, 0.3) is 0 Å². The van der Waals surface area contributed by atoms with Crippen molar-refractivity contribution in [1.29, 1.82) is 0 Å². The van der Waals surface area contributed by atoms with Crippen LogP contribution < -0.4 is 15.0 Å². The zero-order valence-electron chi connectivity index (χ0n) is 16.5. The highest BCUT2D eigenvalue weighted by Crippen LogP contribution is 2.39. The van der Waals surface area contributed by atoms with Crippen LogP contribution in [-0.4, -0.2) is 18.6 Å². The number of carbonyl (C=O) groups is 1. The van der Waals surface area contributed by atoms with Gasteiger partial charge in [0.1, 0.15) is 5.75 Å².